The van der Waals surface area contributed by atoms with Gasteiger partial charge >= 0.3 is 0 Å². The summed E-state index contributed by atoms with van der Waals surface area (Å²) in [4.78, 5) is 3.17. The lowest BCUT2D eigenvalue weighted by Gasteiger charge is -2.33. The minimum Gasteiger partial charge on any atom is -0.386 e. The van der Waals surface area contributed by atoms with Crippen LogP contribution in [0.25, 0.3) is 0 Å². The largest absolute Gasteiger partial charge is 0.386 e. The van der Waals surface area contributed by atoms with Crippen LogP contribution in [-0.4, -0.2) is 30.3 Å². The van der Waals surface area contributed by atoms with Crippen molar-refractivity contribution in [1.29, 1.82) is 0 Å². The highest BCUT2D eigenvalue weighted by Gasteiger charge is 2.58. The molecular formula is C13H16Cl3N3O. The van der Waals surface area contributed by atoms with Gasteiger partial charge in [0.1, 0.15) is 18.3 Å². The van der Waals surface area contributed by atoms with Gasteiger partial charge in [-0.05, 0) is 25.3 Å². The van der Waals surface area contributed by atoms with E-state index >= 15 is 0 Å². The van der Waals surface area contributed by atoms with E-state index in [1.54, 1.807) is 11.6 Å². The molecule has 1 aliphatic carbocycles. The minimum absolute atomic E-state index is 0.156. The minimum atomic E-state index is -1.23. The van der Waals surface area contributed by atoms with Crippen LogP contribution in [0.15, 0.2) is 34.9 Å². The smallest absolute Gasteiger partial charge is 0.137 e. The molecule has 1 atom stereocenters. The average Bonchev–Trinajstić information content (AvgIpc) is 2.93. The maximum atomic E-state index is 11.0. The van der Waals surface area contributed by atoms with Crippen LogP contribution < -0.4 is 0 Å². The van der Waals surface area contributed by atoms with Crippen molar-refractivity contribution >= 4 is 34.8 Å². The molecule has 7 heteroatoms. The summed E-state index contributed by atoms with van der Waals surface area (Å²) in [5.41, 5.74) is -0.575. The summed E-state index contributed by atoms with van der Waals surface area (Å²) in [6.45, 7) is 5.72. The lowest BCUT2D eigenvalue weighted by atomic mass is 9.92. The van der Waals surface area contributed by atoms with E-state index in [2.05, 4.69) is 16.7 Å². The Kier molecular flexibility index (Phi) is 4.50. The third kappa shape index (κ3) is 3.19. The molecule has 1 unspecified atom stereocenters. The van der Waals surface area contributed by atoms with Crippen LogP contribution in [0.3, 0.4) is 0 Å². The summed E-state index contributed by atoms with van der Waals surface area (Å²) >= 11 is 18.7. The fraction of sp³-hybridized carbons (Fsp3) is 0.538. The standard InChI is InChI=1S/C13H16Cl3N3O/c1-9(2)11(15)10(14)5-13(20,12(16)3-4-12)6-19-8-17-7-18-19/h7-8,20H,1,3-6H2,2H3/b11-10+. The summed E-state index contributed by atoms with van der Waals surface area (Å²) in [5.74, 6) is 0. The van der Waals surface area contributed by atoms with Crippen LogP contribution in [0.1, 0.15) is 26.2 Å². The number of alkyl halides is 1. The summed E-state index contributed by atoms with van der Waals surface area (Å²) in [7, 11) is 0. The Morgan fingerprint density at radius 2 is 2.15 bits per heavy atom. The molecule has 1 aromatic heterocycles. The Morgan fingerprint density at radius 3 is 2.60 bits per heavy atom. The second kappa shape index (κ2) is 5.68. The Bertz CT molecular complexity index is 537. The van der Waals surface area contributed by atoms with Gasteiger partial charge in [-0.15, -0.1) is 11.6 Å². The Morgan fingerprint density at radius 1 is 1.50 bits per heavy atom. The molecule has 1 heterocycles. The first-order valence-corrected chi connectivity index (χ1v) is 7.34. The number of halogens is 3. The third-order valence-electron chi connectivity index (χ3n) is 3.47. The quantitative estimate of drug-likeness (QED) is 0.639. The van der Waals surface area contributed by atoms with Crippen LogP contribution in [0, 0.1) is 0 Å². The van der Waals surface area contributed by atoms with Crippen LogP contribution in [0.5, 0.6) is 0 Å². The molecule has 0 saturated heterocycles. The number of rotatable bonds is 6. The molecule has 0 aromatic carbocycles. The molecule has 0 bridgehead atoms. The van der Waals surface area contributed by atoms with Crippen molar-refractivity contribution in [3.8, 4) is 0 Å². The van der Waals surface area contributed by atoms with Crippen molar-refractivity contribution in [2.45, 2.75) is 43.2 Å². The van der Waals surface area contributed by atoms with E-state index in [4.69, 9.17) is 34.8 Å². The van der Waals surface area contributed by atoms with E-state index in [-0.39, 0.29) is 13.0 Å². The number of hydrogen-bond donors (Lipinski definition) is 1. The van der Waals surface area contributed by atoms with Gasteiger partial charge in [-0.1, -0.05) is 29.8 Å². The van der Waals surface area contributed by atoms with Gasteiger partial charge in [0.05, 0.1) is 16.5 Å². The maximum absolute atomic E-state index is 11.0. The normalized spacial score (nSPS) is 21.1. The molecule has 0 aliphatic heterocycles. The van der Waals surface area contributed by atoms with Gasteiger partial charge in [-0.2, -0.15) is 5.10 Å². The predicted molar refractivity (Wildman–Crippen MR) is 81.0 cm³/mol. The number of aromatic nitrogens is 3. The fourth-order valence-corrected chi connectivity index (χ4v) is 2.75. The van der Waals surface area contributed by atoms with Gasteiger partial charge < -0.3 is 5.11 Å². The van der Waals surface area contributed by atoms with Crippen LogP contribution in [-0.2, 0) is 6.54 Å². The monoisotopic (exact) mass is 335 g/mol. The second-order valence-corrected chi connectivity index (χ2v) is 6.82. The molecule has 0 spiro atoms. The van der Waals surface area contributed by atoms with Crippen molar-refractivity contribution in [1.82, 2.24) is 14.8 Å². The molecular weight excluding hydrogens is 321 g/mol. The van der Waals surface area contributed by atoms with E-state index < -0.39 is 10.5 Å². The lowest BCUT2D eigenvalue weighted by Crippen LogP contribution is -2.45. The predicted octanol–water partition coefficient (Wildman–Crippen LogP) is 3.44. The summed E-state index contributed by atoms with van der Waals surface area (Å²) in [6.07, 6.45) is 4.56. The summed E-state index contributed by atoms with van der Waals surface area (Å²) < 4.78 is 1.54. The number of hydrogen-bond acceptors (Lipinski definition) is 3. The topological polar surface area (TPSA) is 50.9 Å². The van der Waals surface area contributed by atoms with Gasteiger partial charge in [0, 0.05) is 11.5 Å². The van der Waals surface area contributed by atoms with Crippen LogP contribution in [0.2, 0.25) is 0 Å². The number of allylic oxidation sites excluding steroid dienone is 2. The molecule has 0 radical (unpaired) electrons. The molecule has 2 rings (SSSR count). The number of nitrogens with zero attached hydrogens (tertiary/aromatic N) is 3. The van der Waals surface area contributed by atoms with E-state index in [9.17, 15) is 5.11 Å². The number of aliphatic hydroxyl groups is 1. The highest BCUT2D eigenvalue weighted by molar-refractivity contribution is 6.40. The highest BCUT2D eigenvalue weighted by atomic mass is 35.5. The van der Waals surface area contributed by atoms with Gasteiger partial charge in [-0.25, -0.2) is 9.67 Å². The van der Waals surface area contributed by atoms with E-state index in [1.807, 2.05) is 0 Å². The second-order valence-electron chi connectivity index (χ2n) is 5.27. The molecule has 1 fully saturated rings. The van der Waals surface area contributed by atoms with Crippen molar-refractivity contribution in [2.24, 2.45) is 0 Å². The van der Waals surface area contributed by atoms with Crippen molar-refractivity contribution in [3.05, 3.63) is 34.9 Å². The van der Waals surface area contributed by atoms with E-state index in [0.29, 0.717) is 15.6 Å². The Balaban J connectivity index is 2.25. The summed E-state index contributed by atoms with van der Waals surface area (Å²) in [6, 6.07) is 0. The Hall–Kier alpha value is -0.550. The van der Waals surface area contributed by atoms with Crippen LogP contribution >= 0.6 is 34.8 Å². The van der Waals surface area contributed by atoms with Crippen LogP contribution in [0.4, 0.5) is 0 Å². The average molecular weight is 337 g/mol. The van der Waals surface area contributed by atoms with Gasteiger partial charge in [0.25, 0.3) is 0 Å². The van der Waals surface area contributed by atoms with Gasteiger partial charge in [0.15, 0.2) is 0 Å². The van der Waals surface area contributed by atoms with Crippen molar-refractivity contribution < 1.29 is 5.11 Å². The zero-order valence-corrected chi connectivity index (χ0v) is 13.4. The molecule has 20 heavy (non-hydrogen) atoms. The third-order valence-corrected chi connectivity index (χ3v) is 5.17. The van der Waals surface area contributed by atoms with Gasteiger partial charge in [-0.3, -0.25) is 0 Å². The summed E-state index contributed by atoms with van der Waals surface area (Å²) in [5, 5.41) is 15.7. The zero-order chi connectivity index (χ0) is 15.0. The van der Waals surface area contributed by atoms with E-state index in [1.165, 1.54) is 12.7 Å². The lowest BCUT2D eigenvalue weighted by molar-refractivity contribution is 0.00915. The Labute approximate surface area is 133 Å². The SMILES string of the molecule is C=C(C)/C(Cl)=C(\Cl)CC(O)(Cn1cncn1)C1(Cl)CC1. The molecule has 110 valence electrons. The maximum Gasteiger partial charge on any atom is 0.137 e. The fourth-order valence-electron chi connectivity index (χ4n) is 2.08. The first kappa shape index (κ1) is 15.8. The first-order chi connectivity index (χ1) is 9.27. The molecule has 0 amide bonds. The van der Waals surface area contributed by atoms with Gasteiger partial charge in [0.2, 0.25) is 0 Å². The first-order valence-electron chi connectivity index (χ1n) is 6.21. The molecule has 1 N–H and O–H groups in total. The van der Waals surface area contributed by atoms with Crippen molar-refractivity contribution in [2.75, 3.05) is 0 Å². The van der Waals surface area contributed by atoms with Crippen molar-refractivity contribution in [3.63, 3.8) is 0 Å². The molecule has 1 aliphatic rings. The molecule has 1 aromatic rings. The molecule has 1 saturated carbocycles. The van der Waals surface area contributed by atoms with E-state index in [0.717, 1.165) is 12.8 Å². The zero-order valence-electron chi connectivity index (χ0n) is 11.1. The molecule has 4 nitrogen and oxygen atoms in total. The highest BCUT2D eigenvalue weighted by Crippen LogP contribution is 2.54.